The summed E-state index contributed by atoms with van der Waals surface area (Å²) in [4.78, 5) is 7.62. The Labute approximate surface area is 98.8 Å². The predicted octanol–water partition coefficient (Wildman–Crippen LogP) is 2.68. The van der Waals surface area contributed by atoms with Crippen LogP contribution in [0.15, 0.2) is 0 Å². The van der Waals surface area contributed by atoms with Crippen molar-refractivity contribution in [2.24, 2.45) is 0 Å². The predicted molar refractivity (Wildman–Crippen MR) is 65.5 cm³/mol. The molecule has 1 aromatic rings. The number of unbranched alkanes of at least 4 members (excludes halogenated alkanes) is 1. The standard InChI is InChI=1S/C10H17IN2O/c1-3-4-6-14-7-5-9-12-8(2)10(11)13-9/h3-7H2,1-2H3,(H,12,13). The molecule has 0 atom stereocenters. The Morgan fingerprint density at radius 2 is 2.21 bits per heavy atom. The molecular formula is C10H17IN2O. The minimum absolute atomic E-state index is 0.767. The van der Waals surface area contributed by atoms with E-state index in [4.69, 9.17) is 4.74 Å². The highest BCUT2D eigenvalue weighted by molar-refractivity contribution is 14.1. The van der Waals surface area contributed by atoms with E-state index >= 15 is 0 Å². The summed E-state index contributed by atoms with van der Waals surface area (Å²) in [6.45, 7) is 5.82. The lowest BCUT2D eigenvalue weighted by Gasteiger charge is -2.00. The molecule has 1 rings (SSSR count). The maximum Gasteiger partial charge on any atom is 0.109 e. The molecule has 4 heteroatoms. The molecule has 0 unspecified atom stereocenters. The van der Waals surface area contributed by atoms with Crippen LogP contribution in [-0.4, -0.2) is 23.2 Å². The Morgan fingerprint density at radius 3 is 2.79 bits per heavy atom. The number of ether oxygens (including phenoxy) is 1. The number of aromatic amines is 1. The van der Waals surface area contributed by atoms with Crippen molar-refractivity contribution in [1.29, 1.82) is 0 Å². The number of nitrogens with one attached hydrogen (secondary N) is 1. The molecule has 0 fully saturated rings. The molecule has 0 aliphatic rings. The summed E-state index contributed by atoms with van der Waals surface area (Å²) in [6, 6.07) is 0. The van der Waals surface area contributed by atoms with Gasteiger partial charge in [-0.2, -0.15) is 0 Å². The molecule has 0 saturated heterocycles. The number of nitrogens with zero attached hydrogens (tertiary/aromatic N) is 1. The molecule has 1 N–H and O–H groups in total. The van der Waals surface area contributed by atoms with Crippen LogP contribution in [0.25, 0.3) is 0 Å². The van der Waals surface area contributed by atoms with Crippen LogP contribution in [0.3, 0.4) is 0 Å². The van der Waals surface area contributed by atoms with E-state index in [2.05, 4.69) is 39.5 Å². The van der Waals surface area contributed by atoms with Gasteiger partial charge in [-0.15, -0.1) is 0 Å². The van der Waals surface area contributed by atoms with Crippen molar-refractivity contribution in [2.75, 3.05) is 13.2 Å². The largest absolute Gasteiger partial charge is 0.381 e. The summed E-state index contributed by atoms with van der Waals surface area (Å²) >= 11 is 2.26. The molecule has 0 aliphatic heterocycles. The van der Waals surface area contributed by atoms with E-state index in [0.29, 0.717) is 0 Å². The van der Waals surface area contributed by atoms with Crippen LogP contribution in [0.2, 0.25) is 0 Å². The number of hydrogen-bond acceptors (Lipinski definition) is 2. The first kappa shape index (κ1) is 12.0. The minimum Gasteiger partial charge on any atom is -0.381 e. The third kappa shape index (κ3) is 3.96. The Bertz CT molecular complexity index is 254. The summed E-state index contributed by atoms with van der Waals surface area (Å²) in [7, 11) is 0. The molecule has 1 heterocycles. The Kier molecular flexibility index (Phi) is 5.47. The van der Waals surface area contributed by atoms with E-state index in [1.54, 1.807) is 0 Å². The Morgan fingerprint density at radius 1 is 1.43 bits per heavy atom. The quantitative estimate of drug-likeness (QED) is 0.648. The number of H-pyrrole nitrogens is 1. The minimum atomic E-state index is 0.767. The molecule has 80 valence electrons. The fourth-order valence-electron chi connectivity index (χ4n) is 1.13. The van der Waals surface area contributed by atoms with Gasteiger partial charge in [0.2, 0.25) is 0 Å². The number of imidazole rings is 1. The first-order valence-electron chi connectivity index (χ1n) is 5.02. The van der Waals surface area contributed by atoms with Crippen LogP contribution in [0, 0.1) is 10.6 Å². The zero-order valence-electron chi connectivity index (χ0n) is 8.77. The average Bonchev–Trinajstić information content (AvgIpc) is 2.46. The normalized spacial score (nSPS) is 10.8. The second-order valence-corrected chi connectivity index (χ2v) is 4.38. The molecule has 1 aromatic heterocycles. The van der Waals surface area contributed by atoms with Crippen molar-refractivity contribution in [3.63, 3.8) is 0 Å². The van der Waals surface area contributed by atoms with Gasteiger partial charge < -0.3 is 9.72 Å². The zero-order valence-corrected chi connectivity index (χ0v) is 10.9. The summed E-state index contributed by atoms with van der Waals surface area (Å²) in [5.74, 6) is 1.03. The Balaban J connectivity index is 2.18. The topological polar surface area (TPSA) is 37.9 Å². The highest BCUT2D eigenvalue weighted by atomic mass is 127. The van der Waals surface area contributed by atoms with Crippen LogP contribution in [0.5, 0.6) is 0 Å². The fourth-order valence-corrected chi connectivity index (χ4v) is 1.56. The number of rotatable bonds is 6. The van der Waals surface area contributed by atoms with Crippen LogP contribution in [-0.2, 0) is 11.2 Å². The van der Waals surface area contributed by atoms with E-state index in [0.717, 1.165) is 41.3 Å². The first-order valence-corrected chi connectivity index (χ1v) is 6.10. The molecule has 3 nitrogen and oxygen atoms in total. The van der Waals surface area contributed by atoms with Gasteiger partial charge in [0.25, 0.3) is 0 Å². The lowest BCUT2D eigenvalue weighted by Crippen LogP contribution is -2.01. The monoisotopic (exact) mass is 308 g/mol. The van der Waals surface area contributed by atoms with Crippen molar-refractivity contribution < 1.29 is 4.74 Å². The summed E-state index contributed by atoms with van der Waals surface area (Å²) < 4.78 is 6.60. The molecule has 0 radical (unpaired) electrons. The van der Waals surface area contributed by atoms with Gasteiger partial charge in [-0.3, -0.25) is 0 Å². The average molecular weight is 308 g/mol. The van der Waals surface area contributed by atoms with E-state index in [9.17, 15) is 0 Å². The lowest BCUT2D eigenvalue weighted by molar-refractivity contribution is 0.133. The number of hydrogen-bond donors (Lipinski definition) is 1. The van der Waals surface area contributed by atoms with Crippen LogP contribution >= 0.6 is 22.6 Å². The van der Waals surface area contributed by atoms with Crippen molar-refractivity contribution in [1.82, 2.24) is 9.97 Å². The van der Waals surface area contributed by atoms with E-state index in [1.807, 2.05) is 6.92 Å². The van der Waals surface area contributed by atoms with Gasteiger partial charge in [-0.25, -0.2) is 4.98 Å². The van der Waals surface area contributed by atoms with Gasteiger partial charge >= 0.3 is 0 Å². The van der Waals surface area contributed by atoms with Gasteiger partial charge in [-0.1, -0.05) is 13.3 Å². The van der Waals surface area contributed by atoms with Gasteiger partial charge in [0.05, 0.1) is 12.3 Å². The smallest absolute Gasteiger partial charge is 0.109 e. The zero-order chi connectivity index (χ0) is 10.4. The van der Waals surface area contributed by atoms with Gasteiger partial charge in [0, 0.05) is 13.0 Å². The summed E-state index contributed by atoms with van der Waals surface area (Å²) in [5.41, 5.74) is 1.08. The number of halogens is 1. The van der Waals surface area contributed by atoms with E-state index in [1.165, 1.54) is 6.42 Å². The van der Waals surface area contributed by atoms with Crippen LogP contribution < -0.4 is 0 Å². The maximum absolute atomic E-state index is 5.46. The highest BCUT2D eigenvalue weighted by Crippen LogP contribution is 2.07. The molecule has 0 spiro atoms. The molecule has 0 bridgehead atoms. The van der Waals surface area contributed by atoms with E-state index < -0.39 is 0 Å². The van der Waals surface area contributed by atoms with Crippen LogP contribution in [0.1, 0.15) is 31.3 Å². The fraction of sp³-hybridized carbons (Fsp3) is 0.700. The van der Waals surface area contributed by atoms with E-state index in [-0.39, 0.29) is 0 Å². The maximum atomic E-state index is 5.46. The van der Waals surface area contributed by atoms with Gasteiger partial charge in [0.15, 0.2) is 0 Å². The number of aromatic nitrogens is 2. The second-order valence-electron chi connectivity index (χ2n) is 3.30. The molecule has 0 aromatic carbocycles. The molecular weight excluding hydrogens is 291 g/mol. The third-order valence-electron chi connectivity index (χ3n) is 2.00. The van der Waals surface area contributed by atoms with Crippen molar-refractivity contribution >= 4 is 22.6 Å². The molecule has 14 heavy (non-hydrogen) atoms. The molecule has 0 amide bonds. The summed E-state index contributed by atoms with van der Waals surface area (Å²) in [6.07, 6.45) is 3.22. The molecule has 0 aliphatic carbocycles. The van der Waals surface area contributed by atoms with Crippen molar-refractivity contribution in [2.45, 2.75) is 33.1 Å². The summed E-state index contributed by atoms with van der Waals surface area (Å²) in [5, 5.41) is 0. The number of aryl methyl sites for hydroxylation is 1. The van der Waals surface area contributed by atoms with Crippen molar-refractivity contribution in [3.05, 3.63) is 15.2 Å². The second kappa shape index (κ2) is 6.40. The van der Waals surface area contributed by atoms with Gasteiger partial charge in [-0.05, 0) is 35.9 Å². The SMILES string of the molecule is CCCCOCCc1nc(C)c(I)[nH]1. The highest BCUT2D eigenvalue weighted by Gasteiger charge is 2.02. The Hall–Kier alpha value is -0.100. The van der Waals surface area contributed by atoms with Crippen LogP contribution in [0.4, 0.5) is 0 Å². The lowest BCUT2D eigenvalue weighted by atomic mass is 10.3. The third-order valence-corrected chi connectivity index (χ3v) is 3.05. The first-order chi connectivity index (χ1) is 6.74. The van der Waals surface area contributed by atoms with Crippen molar-refractivity contribution in [3.8, 4) is 0 Å². The van der Waals surface area contributed by atoms with Gasteiger partial charge in [0.1, 0.15) is 9.53 Å². The molecule has 0 saturated carbocycles.